The van der Waals surface area contributed by atoms with E-state index in [1.54, 1.807) is 0 Å². The van der Waals surface area contributed by atoms with E-state index in [1.807, 2.05) is 79.8 Å². The number of nitrogens with zero attached hydrogens (tertiary/aromatic N) is 3. The lowest BCUT2D eigenvalue weighted by molar-refractivity contribution is 1.07. The number of hydrogen-bond acceptors (Lipinski definition) is 3. The molecule has 0 unspecified atom stereocenters. The first-order valence-corrected chi connectivity index (χ1v) is 7.56. The molecule has 0 radical (unpaired) electrons. The van der Waals surface area contributed by atoms with Gasteiger partial charge in [-0.15, -0.1) is 0 Å². The van der Waals surface area contributed by atoms with Crippen LogP contribution in [0.1, 0.15) is 11.3 Å². The minimum absolute atomic E-state index is 0.953. The van der Waals surface area contributed by atoms with E-state index in [1.165, 1.54) is 0 Å². The average Bonchev–Trinajstić information content (AvgIpc) is 2.59. The molecule has 0 amide bonds. The van der Waals surface area contributed by atoms with Gasteiger partial charge in [-0.3, -0.25) is 0 Å². The fourth-order valence-electron chi connectivity index (χ4n) is 2.26. The van der Waals surface area contributed by atoms with E-state index in [0.717, 1.165) is 28.0 Å². The van der Waals surface area contributed by atoms with E-state index in [2.05, 4.69) is 28.2 Å². The molecule has 3 aromatic rings. The first-order valence-electron chi connectivity index (χ1n) is 7.56. The summed E-state index contributed by atoms with van der Waals surface area (Å²) in [5.41, 5.74) is 3.04. The maximum atomic E-state index is 4.61. The number of allylic oxidation sites excluding steroid dienone is 2. The molecule has 0 saturated heterocycles. The van der Waals surface area contributed by atoms with Gasteiger partial charge in [0.15, 0.2) is 0 Å². The minimum Gasteiger partial charge on any atom is -0.363 e. The van der Waals surface area contributed by atoms with Crippen LogP contribution in [-0.4, -0.2) is 24.1 Å². The third-order valence-electron chi connectivity index (χ3n) is 3.52. The predicted octanol–water partition coefficient (Wildman–Crippen LogP) is 4.42. The van der Waals surface area contributed by atoms with Crippen molar-refractivity contribution in [3.05, 3.63) is 78.1 Å². The Bertz CT molecular complexity index is 846. The van der Waals surface area contributed by atoms with Gasteiger partial charge in [0.25, 0.3) is 0 Å². The first kappa shape index (κ1) is 15.0. The highest BCUT2D eigenvalue weighted by Gasteiger charge is 1.95. The normalized spacial score (nSPS) is 11.6. The van der Waals surface area contributed by atoms with Crippen molar-refractivity contribution in [3.8, 4) is 0 Å². The van der Waals surface area contributed by atoms with Crippen molar-refractivity contribution < 1.29 is 0 Å². The van der Waals surface area contributed by atoms with Crippen LogP contribution in [0.5, 0.6) is 0 Å². The highest BCUT2D eigenvalue weighted by atomic mass is 15.1. The highest BCUT2D eigenvalue weighted by molar-refractivity contribution is 5.79. The summed E-state index contributed by atoms with van der Waals surface area (Å²) in [5.74, 6) is 0.957. The summed E-state index contributed by atoms with van der Waals surface area (Å²) < 4.78 is 0. The lowest BCUT2D eigenvalue weighted by Crippen LogP contribution is -2.09. The molecule has 3 nitrogen and oxygen atoms in total. The number of anilines is 1. The van der Waals surface area contributed by atoms with Crippen LogP contribution in [0, 0.1) is 0 Å². The Morgan fingerprint density at radius 2 is 1.70 bits per heavy atom. The van der Waals surface area contributed by atoms with Gasteiger partial charge in [0.05, 0.1) is 11.2 Å². The van der Waals surface area contributed by atoms with Crippen molar-refractivity contribution in [2.24, 2.45) is 0 Å². The molecule has 23 heavy (non-hydrogen) atoms. The SMILES string of the molecule is CN([11CH3])c1ccc(/C=C/C=C/c2ccc3ccccc3n2)cn1. The van der Waals surface area contributed by atoms with Gasteiger partial charge in [-0.05, 0) is 35.9 Å². The van der Waals surface area contributed by atoms with E-state index < -0.39 is 0 Å². The van der Waals surface area contributed by atoms with Crippen LogP contribution >= 0.6 is 0 Å². The molecule has 0 aliphatic heterocycles. The summed E-state index contributed by atoms with van der Waals surface area (Å²) in [7, 11) is 3.97. The van der Waals surface area contributed by atoms with Gasteiger partial charge >= 0.3 is 0 Å². The van der Waals surface area contributed by atoms with E-state index in [9.17, 15) is 0 Å². The molecule has 0 N–H and O–H groups in total. The molecule has 0 aliphatic carbocycles. The number of fused-ring (bicyclic) bond motifs is 1. The molecular formula is C20H19N3. The fourth-order valence-corrected chi connectivity index (χ4v) is 2.26. The Kier molecular flexibility index (Phi) is 4.48. The Morgan fingerprint density at radius 3 is 2.48 bits per heavy atom. The Balaban J connectivity index is 1.69. The van der Waals surface area contributed by atoms with Crippen LogP contribution in [0.25, 0.3) is 23.1 Å². The van der Waals surface area contributed by atoms with Crippen molar-refractivity contribution in [1.29, 1.82) is 0 Å². The van der Waals surface area contributed by atoms with Crippen molar-refractivity contribution in [2.45, 2.75) is 0 Å². The Labute approximate surface area is 136 Å². The summed E-state index contributed by atoms with van der Waals surface area (Å²) >= 11 is 0. The fraction of sp³-hybridized carbons (Fsp3) is 0.100. The number of pyridine rings is 2. The zero-order chi connectivity index (χ0) is 16.1. The maximum Gasteiger partial charge on any atom is 0.127 e. The van der Waals surface area contributed by atoms with Crippen LogP contribution in [0.3, 0.4) is 0 Å². The number of para-hydroxylation sites is 1. The summed E-state index contributed by atoms with van der Waals surface area (Å²) in [6.07, 6.45) is 9.91. The van der Waals surface area contributed by atoms with Gasteiger partial charge in [0.1, 0.15) is 5.82 Å². The van der Waals surface area contributed by atoms with Crippen molar-refractivity contribution in [3.63, 3.8) is 0 Å². The summed E-state index contributed by atoms with van der Waals surface area (Å²) in [6.45, 7) is 0. The van der Waals surface area contributed by atoms with E-state index >= 15 is 0 Å². The molecular weight excluding hydrogens is 281 g/mol. The van der Waals surface area contributed by atoms with Gasteiger partial charge < -0.3 is 4.90 Å². The lowest BCUT2D eigenvalue weighted by Gasteiger charge is -2.10. The molecule has 3 heteroatoms. The Hall–Kier alpha value is -2.94. The minimum atomic E-state index is 0.953. The van der Waals surface area contributed by atoms with Gasteiger partial charge in [0, 0.05) is 25.7 Å². The van der Waals surface area contributed by atoms with Crippen molar-refractivity contribution >= 4 is 28.9 Å². The topological polar surface area (TPSA) is 29.0 Å². The lowest BCUT2D eigenvalue weighted by atomic mass is 10.2. The molecule has 0 bridgehead atoms. The van der Waals surface area contributed by atoms with Crippen LogP contribution in [-0.2, 0) is 0 Å². The second kappa shape index (κ2) is 6.88. The van der Waals surface area contributed by atoms with E-state index in [4.69, 9.17) is 0 Å². The number of benzene rings is 1. The molecule has 0 spiro atoms. The van der Waals surface area contributed by atoms with Crippen LogP contribution in [0.15, 0.2) is 66.9 Å². The highest BCUT2D eigenvalue weighted by Crippen LogP contribution is 2.13. The quantitative estimate of drug-likeness (QED) is 0.668. The Morgan fingerprint density at radius 1 is 0.870 bits per heavy atom. The molecule has 0 saturated carbocycles. The maximum absolute atomic E-state index is 4.61. The van der Waals surface area contributed by atoms with E-state index in [0.29, 0.717) is 0 Å². The van der Waals surface area contributed by atoms with E-state index in [-0.39, 0.29) is 0 Å². The molecule has 114 valence electrons. The zero-order valence-electron chi connectivity index (χ0n) is 13.3. The predicted molar refractivity (Wildman–Crippen MR) is 98.4 cm³/mol. The number of aromatic nitrogens is 2. The average molecular weight is 300 g/mol. The molecule has 0 atom stereocenters. The third kappa shape index (κ3) is 3.83. The van der Waals surface area contributed by atoms with Gasteiger partial charge in [-0.2, -0.15) is 0 Å². The first-order chi connectivity index (χ1) is 11.2. The summed E-state index contributed by atoms with van der Waals surface area (Å²) in [4.78, 5) is 11.0. The van der Waals surface area contributed by atoms with Gasteiger partial charge in [-0.1, -0.05) is 42.5 Å². The summed E-state index contributed by atoms with van der Waals surface area (Å²) in [5, 5.41) is 1.16. The second-order valence-corrected chi connectivity index (χ2v) is 5.49. The van der Waals surface area contributed by atoms with Crippen LogP contribution < -0.4 is 4.90 Å². The smallest absolute Gasteiger partial charge is 0.127 e. The molecule has 3 rings (SSSR count). The van der Waals surface area contributed by atoms with Crippen molar-refractivity contribution in [2.75, 3.05) is 19.0 Å². The van der Waals surface area contributed by atoms with Crippen LogP contribution in [0.2, 0.25) is 0 Å². The van der Waals surface area contributed by atoms with Crippen LogP contribution in [0.4, 0.5) is 5.82 Å². The number of rotatable bonds is 4. The largest absolute Gasteiger partial charge is 0.363 e. The third-order valence-corrected chi connectivity index (χ3v) is 3.52. The van der Waals surface area contributed by atoms with Gasteiger partial charge in [0.2, 0.25) is 0 Å². The zero-order valence-corrected chi connectivity index (χ0v) is 13.3. The second-order valence-electron chi connectivity index (χ2n) is 5.49. The molecule has 2 heterocycles. The monoisotopic (exact) mass is 300 g/mol. The molecule has 2 aromatic heterocycles. The van der Waals surface area contributed by atoms with Crippen molar-refractivity contribution in [1.82, 2.24) is 9.97 Å². The number of hydrogen-bond donors (Lipinski definition) is 0. The molecule has 0 aliphatic rings. The van der Waals surface area contributed by atoms with Gasteiger partial charge in [-0.25, -0.2) is 9.97 Å². The summed E-state index contributed by atoms with van der Waals surface area (Å²) in [6, 6.07) is 16.3. The standard InChI is InChI=1S/C20H19N3/c1-23(2)20-14-11-16(15-21-20)7-3-5-9-18-13-12-17-8-4-6-10-19(17)22-18/h3-15H,1-2H3/b7-3+,9-5+/i1-1. The molecule has 0 fully saturated rings. The molecule has 1 aromatic carbocycles.